The summed E-state index contributed by atoms with van der Waals surface area (Å²) in [6.45, 7) is 0. The normalized spacial score (nSPS) is 10.0. The van der Waals surface area contributed by atoms with Crippen molar-refractivity contribution < 1.29 is 19.7 Å². The van der Waals surface area contributed by atoms with Crippen LogP contribution in [0.2, 0.25) is 0 Å². The molecule has 11 heavy (non-hydrogen) atoms. The average molecular weight is 223 g/mol. The molecule has 0 atom stereocenters. The quantitative estimate of drug-likeness (QED) is 0.586. The second-order valence-electron chi connectivity index (χ2n) is 1.89. The maximum atomic E-state index is 12.6. The van der Waals surface area contributed by atoms with Crippen molar-refractivity contribution in [3.63, 3.8) is 0 Å². The minimum Gasteiger partial charge on any atom is -0.504 e. The van der Waals surface area contributed by atoms with E-state index in [9.17, 15) is 4.39 Å². The van der Waals surface area contributed by atoms with Gasteiger partial charge in [0, 0.05) is 6.07 Å². The van der Waals surface area contributed by atoms with Gasteiger partial charge in [0.1, 0.15) is 0 Å². The number of phenolic OH excluding ortho intramolecular Hbond substituents is 3. The molecule has 0 aliphatic heterocycles. The summed E-state index contributed by atoms with van der Waals surface area (Å²) in [6.07, 6.45) is 0. The van der Waals surface area contributed by atoms with E-state index in [1.807, 2.05) is 0 Å². The van der Waals surface area contributed by atoms with E-state index in [0.717, 1.165) is 6.07 Å². The molecule has 0 saturated heterocycles. The molecule has 0 aliphatic carbocycles. The zero-order chi connectivity index (χ0) is 8.59. The Kier molecular flexibility index (Phi) is 1.90. The lowest BCUT2D eigenvalue weighted by molar-refractivity contribution is 0.350. The molecule has 1 rings (SSSR count). The second-order valence-corrected chi connectivity index (χ2v) is 2.74. The number of aromatic hydroxyl groups is 3. The van der Waals surface area contributed by atoms with Crippen LogP contribution >= 0.6 is 15.9 Å². The number of rotatable bonds is 0. The van der Waals surface area contributed by atoms with Crippen LogP contribution in [0.5, 0.6) is 17.2 Å². The maximum Gasteiger partial charge on any atom is 0.203 e. The topological polar surface area (TPSA) is 60.7 Å². The molecule has 0 saturated carbocycles. The third-order valence-electron chi connectivity index (χ3n) is 1.15. The zero-order valence-corrected chi connectivity index (χ0v) is 6.76. The van der Waals surface area contributed by atoms with Gasteiger partial charge in [0.25, 0.3) is 0 Å². The monoisotopic (exact) mass is 222 g/mol. The molecule has 60 valence electrons. The van der Waals surface area contributed by atoms with Crippen LogP contribution < -0.4 is 0 Å². The smallest absolute Gasteiger partial charge is 0.203 e. The summed E-state index contributed by atoms with van der Waals surface area (Å²) < 4.78 is 12.5. The molecule has 0 heterocycles. The van der Waals surface area contributed by atoms with Crippen molar-refractivity contribution in [1.29, 1.82) is 0 Å². The van der Waals surface area contributed by atoms with E-state index in [2.05, 4.69) is 15.9 Å². The highest BCUT2D eigenvalue weighted by Crippen LogP contribution is 2.40. The van der Waals surface area contributed by atoms with Gasteiger partial charge in [-0.05, 0) is 15.9 Å². The molecule has 3 N–H and O–H groups in total. The van der Waals surface area contributed by atoms with Crippen LogP contribution in [-0.4, -0.2) is 15.3 Å². The first-order valence-corrected chi connectivity index (χ1v) is 3.42. The fourth-order valence-electron chi connectivity index (χ4n) is 0.590. The van der Waals surface area contributed by atoms with E-state index in [4.69, 9.17) is 15.3 Å². The largest absolute Gasteiger partial charge is 0.504 e. The fourth-order valence-corrected chi connectivity index (χ4v) is 0.995. The van der Waals surface area contributed by atoms with Crippen LogP contribution in [-0.2, 0) is 0 Å². The van der Waals surface area contributed by atoms with Gasteiger partial charge in [0.2, 0.25) is 5.75 Å². The third-order valence-corrected chi connectivity index (χ3v) is 1.72. The first kappa shape index (κ1) is 8.13. The van der Waals surface area contributed by atoms with Crippen LogP contribution in [0.3, 0.4) is 0 Å². The van der Waals surface area contributed by atoms with E-state index in [0.29, 0.717) is 0 Å². The van der Waals surface area contributed by atoms with Crippen LogP contribution in [0.15, 0.2) is 10.5 Å². The second kappa shape index (κ2) is 2.58. The Balaban J connectivity index is 3.46. The van der Waals surface area contributed by atoms with Gasteiger partial charge in [-0.2, -0.15) is 0 Å². The Bertz CT molecular complexity index is 274. The molecular weight excluding hydrogens is 219 g/mol. The van der Waals surface area contributed by atoms with Gasteiger partial charge in [-0.1, -0.05) is 0 Å². The number of hydrogen-bond acceptors (Lipinski definition) is 3. The van der Waals surface area contributed by atoms with E-state index in [1.165, 1.54) is 0 Å². The Morgan fingerprint density at radius 3 is 2.27 bits per heavy atom. The molecule has 0 fully saturated rings. The van der Waals surface area contributed by atoms with Crippen molar-refractivity contribution in [2.75, 3.05) is 0 Å². The molecule has 1 aromatic carbocycles. The van der Waals surface area contributed by atoms with Gasteiger partial charge in [-0.25, -0.2) is 4.39 Å². The van der Waals surface area contributed by atoms with Gasteiger partial charge in [-0.15, -0.1) is 0 Å². The highest BCUT2D eigenvalue weighted by molar-refractivity contribution is 9.10. The predicted molar refractivity (Wildman–Crippen MR) is 39.1 cm³/mol. The molecular formula is C6H4BrFO3. The molecule has 0 unspecified atom stereocenters. The number of benzene rings is 1. The Hall–Kier alpha value is -0.970. The zero-order valence-electron chi connectivity index (χ0n) is 5.17. The van der Waals surface area contributed by atoms with Crippen LogP contribution in [0, 0.1) is 5.82 Å². The van der Waals surface area contributed by atoms with Gasteiger partial charge >= 0.3 is 0 Å². The molecule has 0 aliphatic rings. The van der Waals surface area contributed by atoms with Crippen molar-refractivity contribution in [3.8, 4) is 17.2 Å². The summed E-state index contributed by atoms with van der Waals surface area (Å²) in [7, 11) is 0. The molecule has 0 amide bonds. The molecule has 3 nitrogen and oxygen atoms in total. The lowest BCUT2D eigenvalue weighted by Crippen LogP contribution is -1.80. The molecule has 5 heteroatoms. The van der Waals surface area contributed by atoms with E-state index in [1.54, 1.807) is 0 Å². The number of hydrogen-bond donors (Lipinski definition) is 3. The Labute approximate surface area is 69.8 Å². The molecule has 1 aromatic rings. The van der Waals surface area contributed by atoms with Gasteiger partial charge in [0.05, 0.1) is 4.47 Å². The van der Waals surface area contributed by atoms with Crippen molar-refractivity contribution in [1.82, 2.24) is 0 Å². The third kappa shape index (κ3) is 1.23. The van der Waals surface area contributed by atoms with Gasteiger partial charge in [-0.3, -0.25) is 0 Å². The van der Waals surface area contributed by atoms with Crippen LogP contribution in [0.1, 0.15) is 0 Å². The van der Waals surface area contributed by atoms with Crippen LogP contribution in [0.25, 0.3) is 0 Å². The minimum absolute atomic E-state index is 0.106. The van der Waals surface area contributed by atoms with Gasteiger partial charge in [0.15, 0.2) is 17.3 Å². The summed E-state index contributed by atoms with van der Waals surface area (Å²) in [5.41, 5.74) is 0. The molecule has 0 radical (unpaired) electrons. The number of phenols is 3. The fraction of sp³-hybridized carbons (Fsp3) is 0. The maximum absolute atomic E-state index is 12.6. The van der Waals surface area contributed by atoms with E-state index < -0.39 is 23.1 Å². The lowest BCUT2D eigenvalue weighted by Gasteiger charge is -2.02. The van der Waals surface area contributed by atoms with Gasteiger partial charge < -0.3 is 15.3 Å². The summed E-state index contributed by atoms with van der Waals surface area (Å²) in [6, 6.07) is 0.949. The molecule has 0 bridgehead atoms. The summed E-state index contributed by atoms with van der Waals surface area (Å²) in [5, 5.41) is 26.3. The summed E-state index contributed by atoms with van der Waals surface area (Å²) in [4.78, 5) is 0. The standard InChI is InChI=1S/C6H4BrFO3/c7-2-1-3(9)5(10)6(11)4(2)8/h1,9-11H. The van der Waals surface area contributed by atoms with Crippen molar-refractivity contribution in [2.24, 2.45) is 0 Å². The van der Waals surface area contributed by atoms with Crippen molar-refractivity contribution in [2.45, 2.75) is 0 Å². The number of halogens is 2. The first-order valence-electron chi connectivity index (χ1n) is 2.63. The van der Waals surface area contributed by atoms with Crippen LogP contribution in [0.4, 0.5) is 4.39 Å². The summed E-state index contributed by atoms with van der Waals surface area (Å²) >= 11 is 2.72. The van der Waals surface area contributed by atoms with Crippen molar-refractivity contribution >= 4 is 15.9 Å². The highest BCUT2D eigenvalue weighted by atomic mass is 79.9. The molecule has 0 aromatic heterocycles. The predicted octanol–water partition coefficient (Wildman–Crippen LogP) is 1.71. The van der Waals surface area contributed by atoms with E-state index in [-0.39, 0.29) is 4.47 Å². The minimum atomic E-state index is -1.000. The summed E-state index contributed by atoms with van der Waals surface area (Å²) in [5.74, 6) is -3.39. The SMILES string of the molecule is Oc1cc(Br)c(F)c(O)c1O. The van der Waals surface area contributed by atoms with Crippen molar-refractivity contribution in [3.05, 3.63) is 16.4 Å². The Morgan fingerprint density at radius 2 is 1.73 bits per heavy atom. The highest BCUT2D eigenvalue weighted by Gasteiger charge is 2.14. The molecule has 0 spiro atoms. The average Bonchev–Trinajstić information content (AvgIpc) is 1.97. The van der Waals surface area contributed by atoms with E-state index >= 15 is 0 Å². The first-order chi connectivity index (χ1) is 5.04. The lowest BCUT2D eigenvalue weighted by atomic mass is 10.3. The Morgan fingerprint density at radius 1 is 1.18 bits per heavy atom.